The van der Waals surface area contributed by atoms with E-state index < -0.39 is 17.9 Å². The Labute approximate surface area is 260 Å². The zero-order valence-corrected chi connectivity index (χ0v) is 25.6. The molecule has 0 spiro atoms. The predicted molar refractivity (Wildman–Crippen MR) is 169 cm³/mol. The van der Waals surface area contributed by atoms with Crippen LogP contribution in [-0.4, -0.2) is 66.5 Å². The summed E-state index contributed by atoms with van der Waals surface area (Å²) in [5, 5.41) is 28.7. The predicted octanol–water partition coefficient (Wildman–Crippen LogP) is 4.28. The molecule has 3 N–H and O–H groups in total. The van der Waals surface area contributed by atoms with Crippen LogP contribution in [0.2, 0.25) is 5.02 Å². The Hall–Kier alpha value is -5.00. The normalized spacial score (nSPS) is 11.9. The van der Waals surface area contributed by atoms with E-state index in [4.69, 9.17) is 11.6 Å². The van der Waals surface area contributed by atoms with Crippen LogP contribution in [-0.2, 0) is 31.9 Å². The van der Waals surface area contributed by atoms with Crippen molar-refractivity contribution in [2.75, 3.05) is 19.4 Å². The van der Waals surface area contributed by atoms with Gasteiger partial charge >= 0.3 is 0 Å². The second-order valence-corrected chi connectivity index (χ2v) is 11.2. The molecule has 5 rings (SSSR count). The van der Waals surface area contributed by atoms with E-state index in [0.29, 0.717) is 34.3 Å². The van der Waals surface area contributed by atoms with E-state index in [0.717, 1.165) is 22.3 Å². The number of rotatable bonds is 10. The van der Waals surface area contributed by atoms with E-state index in [2.05, 4.69) is 25.9 Å². The maximum Gasteiger partial charge on any atom is 0.270 e. The molecule has 0 aliphatic rings. The van der Waals surface area contributed by atoms with Crippen molar-refractivity contribution in [2.45, 2.75) is 19.0 Å². The number of anilines is 1. The first-order chi connectivity index (χ1) is 21.1. The van der Waals surface area contributed by atoms with Gasteiger partial charge in [0, 0.05) is 55.1 Å². The molecule has 2 aromatic heterocycles. The quantitative estimate of drug-likeness (QED) is 0.215. The lowest BCUT2D eigenvalue weighted by molar-refractivity contribution is -0.118. The van der Waals surface area contributed by atoms with Crippen molar-refractivity contribution in [2.24, 2.45) is 14.1 Å². The molecule has 5 aromatic rings. The lowest BCUT2D eigenvalue weighted by Crippen LogP contribution is -2.45. The fraction of sp³-hybridized carbons (Fsp3) is 0.219. The van der Waals surface area contributed by atoms with E-state index >= 15 is 0 Å². The molecule has 0 fully saturated rings. The van der Waals surface area contributed by atoms with Crippen LogP contribution in [0.25, 0.3) is 22.5 Å². The number of aromatic nitrogens is 5. The summed E-state index contributed by atoms with van der Waals surface area (Å²) in [4.78, 5) is 28.8. The van der Waals surface area contributed by atoms with Crippen LogP contribution in [0.4, 0.5) is 5.69 Å². The van der Waals surface area contributed by atoms with Crippen molar-refractivity contribution in [1.29, 1.82) is 0 Å². The van der Waals surface area contributed by atoms with Crippen LogP contribution < -0.4 is 10.6 Å². The van der Waals surface area contributed by atoms with Crippen LogP contribution >= 0.6 is 11.6 Å². The van der Waals surface area contributed by atoms with E-state index in [9.17, 15) is 14.7 Å². The largest absolute Gasteiger partial charge is 0.508 e. The van der Waals surface area contributed by atoms with E-state index in [1.807, 2.05) is 62.4 Å². The highest BCUT2D eigenvalue weighted by atomic mass is 35.5. The maximum absolute atomic E-state index is 13.7. The number of phenolic OH excluding ortho intramolecular Hbond substituents is 1. The lowest BCUT2D eigenvalue weighted by Gasteiger charge is -2.20. The molecule has 11 nitrogen and oxygen atoms in total. The van der Waals surface area contributed by atoms with Gasteiger partial charge in [-0.25, -0.2) is 0 Å². The summed E-state index contributed by atoms with van der Waals surface area (Å²) in [5.74, 6) is 0.0604. The third kappa shape index (κ3) is 6.96. The number of nitrogens with zero attached hydrogens (tertiary/aromatic N) is 6. The lowest BCUT2D eigenvalue weighted by atomic mass is 9.97. The summed E-state index contributed by atoms with van der Waals surface area (Å²) in [6, 6.07) is 18.8. The number of carbonyl (C=O) groups excluding carboxylic acids is 2. The molecular weight excluding hydrogens is 580 g/mol. The third-order valence-electron chi connectivity index (χ3n) is 7.17. The van der Waals surface area contributed by atoms with Crippen LogP contribution in [0.5, 0.6) is 5.75 Å². The van der Waals surface area contributed by atoms with Gasteiger partial charge in [-0.1, -0.05) is 23.7 Å². The highest BCUT2D eigenvalue weighted by molar-refractivity contribution is 6.31. The zero-order chi connectivity index (χ0) is 31.4. The van der Waals surface area contributed by atoms with Crippen LogP contribution in [0.1, 0.15) is 21.6 Å². The van der Waals surface area contributed by atoms with Gasteiger partial charge in [0.25, 0.3) is 5.91 Å². The minimum atomic E-state index is -0.965. The van der Waals surface area contributed by atoms with Crippen molar-refractivity contribution < 1.29 is 14.7 Å². The van der Waals surface area contributed by atoms with Gasteiger partial charge in [-0.3, -0.25) is 14.3 Å². The number of halogens is 1. The molecule has 0 aliphatic heterocycles. The highest BCUT2D eigenvalue weighted by Crippen LogP contribution is 2.30. The molecule has 0 aliphatic carbocycles. The van der Waals surface area contributed by atoms with Crippen molar-refractivity contribution in [3.63, 3.8) is 0 Å². The molecule has 12 heteroatoms. The minimum absolute atomic E-state index is 0.127. The van der Waals surface area contributed by atoms with Gasteiger partial charge in [0.2, 0.25) is 5.91 Å². The van der Waals surface area contributed by atoms with E-state index in [1.165, 1.54) is 10.9 Å². The zero-order valence-electron chi connectivity index (χ0n) is 24.8. The van der Waals surface area contributed by atoms with Gasteiger partial charge in [-0.05, 0) is 85.4 Å². The van der Waals surface area contributed by atoms with Crippen LogP contribution in [0.15, 0.2) is 79.3 Å². The second kappa shape index (κ2) is 13.1. The monoisotopic (exact) mass is 612 g/mol. The summed E-state index contributed by atoms with van der Waals surface area (Å²) >= 11 is 6.64. The molecule has 0 saturated heterocycles. The minimum Gasteiger partial charge on any atom is -0.508 e. The molecule has 44 heavy (non-hydrogen) atoms. The van der Waals surface area contributed by atoms with Gasteiger partial charge < -0.3 is 25.2 Å². The standard InChI is InChI=1S/C32H33ClN8O3/c1-39(2)18-24-16-22(8-12-29(24)42)21-7-11-26(33)23(15-21)17-27(37-32(44)28-13-14-35-41(28)4)31(43)36-25-9-5-20(6-10-25)30-38-34-19-40(30)3/h5-16,19,27,42H,17-18H2,1-4H3,(H,36,43)(H,37,44). The fourth-order valence-electron chi connectivity index (χ4n) is 4.88. The van der Waals surface area contributed by atoms with Crippen molar-refractivity contribution in [3.05, 3.63) is 101 Å². The first-order valence-electron chi connectivity index (χ1n) is 13.9. The van der Waals surface area contributed by atoms with Crippen molar-refractivity contribution in [3.8, 4) is 28.3 Å². The average Bonchev–Trinajstić information content (AvgIpc) is 3.62. The van der Waals surface area contributed by atoms with Gasteiger partial charge in [0.05, 0.1) is 0 Å². The molecule has 1 atom stereocenters. The number of hydrogen-bond donors (Lipinski definition) is 3. The Balaban J connectivity index is 1.42. The molecular formula is C32H33ClN8O3. The number of amides is 2. The SMILES string of the molecule is CN(C)Cc1cc(-c2ccc(Cl)c(CC(NC(=O)c3ccnn3C)C(=O)Nc3ccc(-c4nncn4C)cc3)c2)ccc1O. The number of aromatic hydroxyl groups is 1. The van der Waals surface area contributed by atoms with E-state index in [1.54, 1.807) is 48.3 Å². The molecule has 226 valence electrons. The van der Waals surface area contributed by atoms with Crippen molar-refractivity contribution >= 4 is 29.1 Å². The van der Waals surface area contributed by atoms with Gasteiger partial charge in [0.15, 0.2) is 5.82 Å². The van der Waals surface area contributed by atoms with E-state index in [-0.39, 0.29) is 12.2 Å². The smallest absolute Gasteiger partial charge is 0.270 e. The van der Waals surface area contributed by atoms with Crippen molar-refractivity contribution in [1.82, 2.24) is 34.8 Å². The molecule has 2 heterocycles. The Morgan fingerprint density at radius 2 is 1.64 bits per heavy atom. The molecule has 0 bridgehead atoms. The molecule has 2 amide bonds. The first-order valence-corrected chi connectivity index (χ1v) is 14.3. The topological polar surface area (TPSA) is 130 Å². The summed E-state index contributed by atoms with van der Waals surface area (Å²) in [7, 11) is 7.38. The fourth-order valence-corrected chi connectivity index (χ4v) is 5.07. The second-order valence-electron chi connectivity index (χ2n) is 10.8. The maximum atomic E-state index is 13.7. The number of benzene rings is 3. The number of nitrogens with one attached hydrogen (secondary N) is 2. The summed E-state index contributed by atoms with van der Waals surface area (Å²) in [6.07, 6.45) is 3.26. The Morgan fingerprint density at radius 3 is 2.27 bits per heavy atom. The molecule has 3 aromatic carbocycles. The Kier molecular flexibility index (Phi) is 9.07. The summed E-state index contributed by atoms with van der Waals surface area (Å²) < 4.78 is 3.25. The number of aryl methyl sites for hydroxylation is 2. The Bertz CT molecular complexity index is 1800. The highest BCUT2D eigenvalue weighted by Gasteiger charge is 2.25. The number of carbonyl (C=O) groups is 2. The average molecular weight is 613 g/mol. The molecule has 0 saturated carbocycles. The number of phenols is 1. The summed E-state index contributed by atoms with van der Waals surface area (Å²) in [6.45, 7) is 0.571. The van der Waals surface area contributed by atoms with Gasteiger partial charge in [-0.15, -0.1) is 10.2 Å². The van der Waals surface area contributed by atoms with Gasteiger partial charge in [-0.2, -0.15) is 5.10 Å². The van der Waals surface area contributed by atoms with Gasteiger partial charge in [0.1, 0.15) is 23.8 Å². The molecule has 1 unspecified atom stereocenters. The number of hydrogen-bond acceptors (Lipinski definition) is 7. The van der Waals surface area contributed by atoms with Crippen LogP contribution in [0.3, 0.4) is 0 Å². The first kappa shape index (κ1) is 30.5. The summed E-state index contributed by atoms with van der Waals surface area (Å²) in [5.41, 5.74) is 4.92. The third-order valence-corrected chi connectivity index (χ3v) is 7.54. The van der Waals surface area contributed by atoms with Crippen LogP contribution in [0, 0.1) is 0 Å². The molecule has 0 radical (unpaired) electrons. The Morgan fingerprint density at radius 1 is 0.955 bits per heavy atom.